The number of pyridine rings is 1. The summed E-state index contributed by atoms with van der Waals surface area (Å²) in [5.74, 6) is 5.73. The largest absolute Gasteiger partial charge is 0.330 e. The standard InChI is InChI=1S/C14H13BrN4O/c15-11-5-12(13(18-16)17-6-11)14(20)19-7-9-3-1-2-4-10(9)8-19/h1-6H,7-8,16H2,(H,17,18). The highest BCUT2D eigenvalue weighted by Gasteiger charge is 2.26. The number of hydrogen-bond acceptors (Lipinski definition) is 4. The van der Waals surface area contributed by atoms with Crippen LogP contribution in [0.15, 0.2) is 41.0 Å². The summed E-state index contributed by atoms with van der Waals surface area (Å²) >= 11 is 3.33. The van der Waals surface area contributed by atoms with Gasteiger partial charge in [0.2, 0.25) is 0 Å². The lowest BCUT2D eigenvalue weighted by molar-refractivity contribution is 0.0752. The topological polar surface area (TPSA) is 71.2 Å². The Morgan fingerprint density at radius 1 is 1.30 bits per heavy atom. The fourth-order valence-electron chi connectivity index (χ4n) is 2.36. The van der Waals surface area contributed by atoms with Crippen molar-refractivity contribution >= 4 is 27.7 Å². The average Bonchev–Trinajstić information content (AvgIpc) is 2.90. The number of carbonyl (C=O) groups is 1. The SMILES string of the molecule is NNc1ncc(Br)cc1C(=O)N1Cc2ccccc2C1. The van der Waals surface area contributed by atoms with Gasteiger partial charge in [-0.3, -0.25) is 4.79 Å². The molecule has 102 valence electrons. The van der Waals surface area contributed by atoms with E-state index in [9.17, 15) is 4.79 Å². The van der Waals surface area contributed by atoms with Gasteiger partial charge in [-0.1, -0.05) is 24.3 Å². The summed E-state index contributed by atoms with van der Waals surface area (Å²) in [5.41, 5.74) is 5.31. The first-order valence-electron chi connectivity index (χ1n) is 6.17. The van der Waals surface area contributed by atoms with Gasteiger partial charge in [0.1, 0.15) is 0 Å². The molecule has 0 saturated heterocycles. The van der Waals surface area contributed by atoms with Crippen LogP contribution in [-0.4, -0.2) is 15.8 Å². The Kier molecular flexibility index (Phi) is 3.42. The predicted octanol–water partition coefficient (Wildman–Crippen LogP) is 2.29. The van der Waals surface area contributed by atoms with E-state index in [1.807, 2.05) is 24.3 Å². The Hall–Kier alpha value is -1.92. The molecular weight excluding hydrogens is 320 g/mol. The summed E-state index contributed by atoms with van der Waals surface area (Å²) < 4.78 is 0.747. The molecule has 6 heteroatoms. The van der Waals surface area contributed by atoms with Crippen LogP contribution in [0.4, 0.5) is 5.82 Å². The third-order valence-electron chi connectivity index (χ3n) is 3.35. The summed E-state index contributed by atoms with van der Waals surface area (Å²) in [5, 5.41) is 0. The van der Waals surface area contributed by atoms with Crippen LogP contribution in [0.2, 0.25) is 0 Å². The molecule has 20 heavy (non-hydrogen) atoms. The number of fused-ring (bicyclic) bond motifs is 1. The van der Waals surface area contributed by atoms with Crippen LogP contribution in [0.5, 0.6) is 0 Å². The van der Waals surface area contributed by atoms with Gasteiger partial charge < -0.3 is 10.3 Å². The second kappa shape index (κ2) is 5.22. The smallest absolute Gasteiger partial charge is 0.258 e. The van der Waals surface area contributed by atoms with Crippen molar-refractivity contribution in [1.29, 1.82) is 0 Å². The third-order valence-corrected chi connectivity index (χ3v) is 3.78. The molecule has 3 rings (SSSR count). The highest BCUT2D eigenvalue weighted by Crippen LogP contribution is 2.26. The van der Waals surface area contributed by atoms with Crippen molar-refractivity contribution in [2.24, 2.45) is 5.84 Å². The number of nitrogens with one attached hydrogen (secondary N) is 1. The Balaban J connectivity index is 1.90. The highest BCUT2D eigenvalue weighted by molar-refractivity contribution is 9.10. The first kappa shape index (κ1) is 13.1. The molecular formula is C14H13BrN4O. The zero-order valence-corrected chi connectivity index (χ0v) is 12.2. The zero-order valence-electron chi connectivity index (χ0n) is 10.6. The van der Waals surface area contributed by atoms with Crippen molar-refractivity contribution in [2.45, 2.75) is 13.1 Å². The molecule has 0 radical (unpaired) electrons. The van der Waals surface area contributed by atoms with Crippen LogP contribution in [0, 0.1) is 0 Å². The van der Waals surface area contributed by atoms with Gasteiger partial charge in [0.15, 0.2) is 5.82 Å². The first-order valence-corrected chi connectivity index (χ1v) is 6.96. The Bertz CT molecular complexity index is 649. The maximum Gasteiger partial charge on any atom is 0.258 e. The van der Waals surface area contributed by atoms with Crippen LogP contribution in [0.25, 0.3) is 0 Å². The summed E-state index contributed by atoms with van der Waals surface area (Å²) in [6, 6.07) is 9.79. The highest BCUT2D eigenvalue weighted by atomic mass is 79.9. The number of carbonyl (C=O) groups excluding carboxylic acids is 1. The van der Waals surface area contributed by atoms with E-state index >= 15 is 0 Å². The van der Waals surface area contributed by atoms with Gasteiger partial charge in [0, 0.05) is 23.8 Å². The number of amides is 1. The molecule has 0 fully saturated rings. The predicted molar refractivity (Wildman–Crippen MR) is 79.8 cm³/mol. The number of hydrazine groups is 1. The minimum atomic E-state index is -0.0806. The molecule has 1 aliphatic rings. The molecule has 2 heterocycles. The Labute approximate surface area is 124 Å². The van der Waals surface area contributed by atoms with E-state index in [0.717, 1.165) is 4.47 Å². The van der Waals surface area contributed by atoms with Gasteiger partial charge in [0.25, 0.3) is 5.91 Å². The average molecular weight is 333 g/mol. The molecule has 0 atom stereocenters. The fraction of sp³-hybridized carbons (Fsp3) is 0.143. The van der Waals surface area contributed by atoms with E-state index in [2.05, 4.69) is 26.3 Å². The van der Waals surface area contributed by atoms with E-state index in [0.29, 0.717) is 24.5 Å². The lowest BCUT2D eigenvalue weighted by Gasteiger charge is -2.17. The summed E-state index contributed by atoms with van der Waals surface area (Å²) in [4.78, 5) is 18.5. The first-order chi connectivity index (χ1) is 9.69. The van der Waals surface area contributed by atoms with Gasteiger partial charge in [-0.05, 0) is 33.1 Å². The maximum absolute atomic E-state index is 12.6. The molecule has 3 N–H and O–H groups in total. The van der Waals surface area contributed by atoms with E-state index < -0.39 is 0 Å². The molecule has 1 aliphatic heterocycles. The van der Waals surface area contributed by atoms with E-state index in [1.165, 1.54) is 11.1 Å². The van der Waals surface area contributed by atoms with E-state index in [-0.39, 0.29) is 5.91 Å². The molecule has 1 amide bonds. The molecule has 1 aromatic carbocycles. The van der Waals surface area contributed by atoms with Gasteiger partial charge in [0.05, 0.1) is 5.56 Å². The van der Waals surface area contributed by atoms with Crippen LogP contribution in [0.3, 0.4) is 0 Å². The van der Waals surface area contributed by atoms with E-state index in [1.54, 1.807) is 17.2 Å². The second-order valence-electron chi connectivity index (χ2n) is 4.62. The number of aromatic nitrogens is 1. The Morgan fingerprint density at radius 3 is 2.55 bits per heavy atom. The fourth-order valence-corrected chi connectivity index (χ4v) is 2.70. The summed E-state index contributed by atoms with van der Waals surface area (Å²) in [6.45, 7) is 1.23. The number of nitrogens with zero attached hydrogens (tertiary/aromatic N) is 2. The molecule has 2 aromatic rings. The van der Waals surface area contributed by atoms with Gasteiger partial charge in [-0.2, -0.15) is 0 Å². The molecule has 0 saturated carbocycles. The molecule has 0 bridgehead atoms. The van der Waals surface area contributed by atoms with Crippen LogP contribution in [-0.2, 0) is 13.1 Å². The zero-order chi connectivity index (χ0) is 14.1. The second-order valence-corrected chi connectivity index (χ2v) is 5.54. The molecule has 1 aromatic heterocycles. The number of anilines is 1. The van der Waals surface area contributed by atoms with Crippen molar-refractivity contribution in [3.63, 3.8) is 0 Å². The normalized spacial score (nSPS) is 13.2. The number of nitrogens with two attached hydrogens (primary N) is 1. The number of halogens is 1. The van der Waals surface area contributed by atoms with Gasteiger partial charge in [-0.25, -0.2) is 10.8 Å². The summed E-state index contributed by atoms with van der Waals surface area (Å²) in [7, 11) is 0. The number of benzene rings is 1. The van der Waals surface area contributed by atoms with Gasteiger partial charge in [-0.15, -0.1) is 0 Å². The van der Waals surface area contributed by atoms with Gasteiger partial charge >= 0.3 is 0 Å². The third kappa shape index (κ3) is 2.28. The van der Waals surface area contributed by atoms with Crippen molar-refractivity contribution < 1.29 is 4.79 Å². The van der Waals surface area contributed by atoms with Crippen LogP contribution < -0.4 is 11.3 Å². The van der Waals surface area contributed by atoms with Crippen LogP contribution >= 0.6 is 15.9 Å². The number of hydrogen-bond donors (Lipinski definition) is 2. The molecule has 0 unspecified atom stereocenters. The van der Waals surface area contributed by atoms with Crippen molar-refractivity contribution in [2.75, 3.05) is 5.43 Å². The summed E-state index contributed by atoms with van der Waals surface area (Å²) in [6.07, 6.45) is 1.60. The van der Waals surface area contributed by atoms with Crippen molar-refractivity contribution in [3.05, 3.63) is 57.7 Å². The molecule has 0 spiro atoms. The lowest BCUT2D eigenvalue weighted by atomic mass is 10.1. The van der Waals surface area contributed by atoms with Crippen molar-refractivity contribution in [3.8, 4) is 0 Å². The quantitative estimate of drug-likeness (QED) is 0.653. The van der Waals surface area contributed by atoms with Crippen molar-refractivity contribution in [1.82, 2.24) is 9.88 Å². The Morgan fingerprint density at radius 2 is 1.95 bits per heavy atom. The number of rotatable bonds is 2. The maximum atomic E-state index is 12.6. The van der Waals surface area contributed by atoms with E-state index in [4.69, 9.17) is 5.84 Å². The molecule has 0 aliphatic carbocycles. The monoisotopic (exact) mass is 332 g/mol. The minimum absolute atomic E-state index is 0.0806. The molecule has 5 nitrogen and oxygen atoms in total. The minimum Gasteiger partial charge on any atom is -0.330 e. The lowest BCUT2D eigenvalue weighted by Crippen LogP contribution is -2.27. The number of nitrogen functional groups attached to an aromatic ring is 1. The van der Waals surface area contributed by atoms with Crippen LogP contribution in [0.1, 0.15) is 21.5 Å².